The first kappa shape index (κ1) is 32.2. The van der Waals surface area contributed by atoms with Gasteiger partial charge < -0.3 is 25.5 Å². The Balaban J connectivity index is 1.07. The van der Waals surface area contributed by atoms with Crippen molar-refractivity contribution in [2.45, 2.75) is 0 Å². The van der Waals surface area contributed by atoms with Crippen molar-refractivity contribution in [1.29, 1.82) is 0 Å². The second-order valence-electron chi connectivity index (χ2n) is 14.0. The zero-order valence-corrected chi connectivity index (χ0v) is 29.3. The van der Waals surface area contributed by atoms with Crippen molar-refractivity contribution < 1.29 is 25.5 Å². The van der Waals surface area contributed by atoms with Gasteiger partial charge >= 0.3 is 0 Å². The monoisotopic (exact) mass is 712 g/mol. The van der Waals surface area contributed by atoms with Gasteiger partial charge in [0, 0.05) is 5.56 Å². The molecule has 0 atom stereocenters. The lowest BCUT2D eigenvalue weighted by atomic mass is 9.85. The Bertz CT molecular complexity index is 3100. The number of hydrogen-bond acceptors (Lipinski definition) is 5. The molecule has 0 saturated heterocycles. The largest absolute Gasteiger partial charge is 0.504 e. The summed E-state index contributed by atoms with van der Waals surface area (Å²) in [6.07, 6.45) is 0. The number of hydrogen-bond donors (Lipinski definition) is 5. The predicted molar refractivity (Wildman–Crippen MR) is 224 cm³/mol. The maximum Gasteiger partial charge on any atom is 0.208 e. The van der Waals surface area contributed by atoms with E-state index in [1.54, 1.807) is 0 Å². The van der Waals surface area contributed by atoms with Gasteiger partial charge in [0.15, 0.2) is 11.5 Å². The molecular formula is C50H32O5. The van der Waals surface area contributed by atoms with Crippen molar-refractivity contribution in [2.75, 3.05) is 0 Å². The van der Waals surface area contributed by atoms with Crippen LogP contribution in [0.15, 0.2) is 164 Å². The zero-order chi connectivity index (χ0) is 37.4. The summed E-state index contributed by atoms with van der Waals surface area (Å²) in [5, 5.41) is 63.5. The fourth-order valence-corrected chi connectivity index (χ4v) is 8.42. The summed E-state index contributed by atoms with van der Waals surface area (Å²) in [5.41, 5.74) is 6.68. The number of aromatic hydroxyl groups is 5. The van der Waals surface area contributed by atoms with Gasteiger partial charge in [0.05, 0.1) is 5.56 Å². The third-order valence-corrected chi connectivity index (χ3v) is 11.0. The Morgan fingerprint density at radius 2 is 0.655 bits per heavy atom. The van der Waals surface area contributed by atoms with E-state index in [2.05, 4.69) is 115 Å². The van der Waals surface area contributed by atoms with Gasteiger partial charge in [-0.15, -0.1) is 0 Å². The molecule has 0 unspecified atom stereocenters. The third kappa shape index (κ3) is 4.87. The normalized spacial score (nSPS) is 11.6. The van der Waals surface area contributed by atoms with Crippen molar-refractivity contribution in [2.24, 2.45) is 0 Å². The summed E-state index contributed by atoms with van der Waals surface area (Å²) in [7, 11) is 0. The first-order valence-electron chi connectivity index (χ1n) is 18.1. The average Bonchev–Trinajstić information content (AvgIpc) is 3.24. The molecule has 262 valence electrons. The fourth-order valence-electron chi connectivity index (χ4n) is 8.42. The number of phenols is 5. The summed E-state index contributed by atoms with van der Waals surface area (Å²) >= 11 is 0. The highest BCUT2D eigenvalue weighted by atomic mass is 16.4. The van der Waals surface area contributed by atoms with E-state index < -0.39 is 28.7 Å². The second-order valence-corrected chi connectivity index (χ2v) is 14.0. The Labute approximate surface area is 315 Å². The van der Waals surface area contributed by atoms with Crippen LogP contribution >= 0.6 is 0 Å². The molecule has 10 rings (SSSR count). The van der Waals surface area contributed by atoms with Gasteiger partial charge in [-0.1, -0.05) is 158 Å². The van der Waals surface area contributed by atoms with Crippen LogP contribution in [0.4, 0.5) is 0 Å². The minimum absolute atomic E-state index is 0.171. The molecule has 0 amide bonds. The van der Waals surface area contributed by atoms with Crippen LogP contribution in [0.25, 0.3) is 98.4 Å². The third-order valence-electron chi connectivity index (χ3n) is 11.0. The molecule has 0 aliphatic heterocycles. The van der Waals surface area contributed by atoms with E-state index in [9.17, 15) is 25.5 Å². The van der Waals surface area contributed by atoms with E-state index >= 15 is 0 Å². The summed E-state index contributed by atoms with van der Waals surface area (Å²) in [4.78, 5) is 0. The SMILES string of the molecule is Oc1c(O)c(O)c(-c2c3ccccc3c(-c3ccc(-c4ccc(-c5cc6ccc7ccccc7c6c6ccccc56)cc4)cc3)c3ccccc23)c(O)c1O. The first-order chi connectivity index (χ1) is 26.9. The van der Waals surface area contributed by atoms with Gasteiger partial charge in [-0.05, 0) is 93.3 Å². The molecule has 55 heavy (non-hydrogen) atoms. The highest BCUT2D eigenvalue weighted by molar-refractivity contribution is 6.24. The molecule has 0 spiro atoms. The highest BCUT2D eigenvalue weighted by Crippen LogP contribution is 2.57. The van der Waals surface area contributed by atoms with Crippen molar-refractivity contribution in [3.63, 3.8) is 0 Å². The van der Waals surface area contributed by atoms with Crippen LogP contribution in [0.2, 0.25) is 0 Å². The molecule has 0 heterocycles. The lowest BCUT2D eigenvalue weighted by molar-refractivity contribution is 0.330. The minimum Gasteiger partial charge on any atom is -0.504 e. The van der Waals surface area contributed by atoms with Gasteiger partial charge in [-0.3, -0.25) is 0 Å². The molecule has 10 aromatic rings. The van der Waals surface area contributed by atoms with Gasteiger partial charge in [-0.2, -0.15) is 0 Å². The molecule has 10 aromatic carbocycles. The van der Waals surface area contributed by atoms with Crippen LogP contribution < -0.4 is 0 Å². The van der Waals surface area contributed by atoms with E-state index in [0.29, 0.717) is 16.3 Å². The van der Waals surface area contributed by atoms with E-state index in [4.69, 9.17) is 0 Å². The fraction of sp³-hybridized carbons (Fsp3) is 0. The number of rotatable bonds is 4. The van der Waals surface area contributed by atoms with Crippen molar-refractivity contribution in [3.8, 4) is 73.3 Å². The highest BCUT2D eigenvalue weighted by Gasteiger charge is 2.28. The van der Waals surface area contributed by atoms with E-state index in [1.165, 1.54) is 37.9 Å². The van der Waals surface area contributed by atoms with Crippen molar-refractivity contribution in [3.05, 3.63) is 164 Å². The van der Waals surface area contributed by atoms with E-state index in [0.717, 1.165) is 38.6 Å². The Hall–Kier alpha value is -7.50. The summed E-state index contributed by atoms with van der Waals surface area (Å²) < 4.78 is 0. The van der Waals surface area contributed by atoms with Crippen LogP contribution in [0.3, 0.4) is 0 Å². The van der Waals surface area contributed by atoms with Gasteiger partial charge in [0.25, 0.3) is 0 Å². The topological polar surface area (TPSA) is 101 Å². The molecule has 0 aromatic heterocycles. The van der Waals surface area contributed by atoms with Crippen LogP contribution in [-0.2, 0) is 0 Å². The number of fused-ring (bicyclic) bond motifs is 7. The Morgan fingerprint density at radius 1 is 0.255 bits per heavy atom. The molecule has 0 bridgehead atoms. The Morgan fingerprint density at radius 3 is 1.22 bits per heavy atom. The zero-order valence-electron chi connectivity index (χ0n) is 29.3. The smallest absolute Gasteiger partial charge is 0.208 e. The van der Waals surface area contributed by atoms with Gasteiger partial charge in [-0.25, -0.2) is 0 Å². The van der Waals surface area contributed by atoms with E-state index in [1.807, 2.05) is 48.5 Å². The van der Waals surface area contributed by atoms with Crippen LogP contribution in [0, 0.1) is 0 Å². The van der Waals surface area contributed by atoms with Crippen LogP contribution in [-0.4, -0.2) is 25.5 Å². The van der Waals surface area contributed by atoms with Crippen molar-refractivity contribution in [1.82, 2.24) is 0 Å². The molecule has 0 aliphatic carbocycles. The quantitative estimate of drug-likeness (QED) is 0.0541. The Kier molecular flexibility index (Phi) is 7.19. The molecule has 0 aliphatic rings. The molecular weight excluding hydrogens is 681 g/mol. The number of phenolic OH excluding ortho intramolecular Hbond substituents is 5. The molecule has 0 radical (unpaired) electrons. The lowest BCUT2D eigenvalue weighted by Gasteiger charge is -2.20. The first-order valence-corrected chi connectivity index (χ1v) is 18.1. The van der Waals surface area contributed by atoms with Gasteiger partial charge in [0.2, 0.25) is 17.2 Å². The molecule has 0 fully saturated rings. The minimum atomic E-state index is -0.991. The summed E-state index contributed by atoms with van der Waals surface area (Å²) in [5.74, 6) is -4.27. The summed E-state index contributed by atoms with van der Waals surface area (Å²) in [6, 6.07) is 56.4. The lowest BCUT2D eigenvalue weighted by Crippen LogP contribution is -1.92. The van der Waals surface area contributed by atoms with Crippen LogP contribution in [0.1, 0.15) is 0 Å². The molecule has 0 saturated carbocycles. The number of benzene rings is 10. The maximum atomic E-state index is 11.0. The van der Waals surface area contributed by atoms with Gasteiger partial charge in [0.1, 0.15) is 0 Å². The average molecular weight is 713 g/mol. The molecule has 5 heteroatoms. The second kappa shape index (κ2) is 12.3. The van der Waals surface area contributed by atoms with E-state index in [-0.39, 0.29) is 5.56 Å². The standard InChI is InChI=1S/C50H32O5/c51-46-45(47(52)49(54)50(55)48(46)53)44-39-15-7-5-13-37(39)42(38-14-6-8-16-40(38)44)32-24-19-29(20-25-32)28-17-21-31(22-18-28)41-27-33-26-23-30-9-1-2-10-34(30)43(33)36-12-4-3-11-35(36)41/h1-27,51-55H. The maximum absolute atomic E-state index is 11.0. The molecule has 5 nitrogen and oxygen atoms in total. The summed E-state index contributed by atoms with van der Waals surface area (Å²) in [6.45, 7) is 0. The predicted octanol–water partition coefficient (Wildman–Crippen LogP) is 12.6. The van der Waals surface area contributed by atoms with Crippen LogP contribution in [0.5, 0.6) is 28.7 Å². The van der Waals surface area contributed by atoms with Crippen molar-refractivity contribution >= 4 is 53.9 Å². The molecule has 5 N–H and O–H groups in total.